The van der Waals surface area contributed by atoms with Gasteiger partial charge in [0.2, 0.25) is 0 Å². The fraction of sp³-hybridized carbons (Fsp3) is 1.00. The van der Waals surface area contributed by atoms with Crippen molar-refractivity contribution in [3.8, 4) is 0 Å². The van der Waals surface area contributed by atoms with Crippen molar-refractivity contribution < 1.29 is 3.79 Å². The fourth-order valence-corrected chi connectivity index (χ4v) is 0.866. The van der Waals surface area contributed by atoms with Crippen molar-refractivity contribution in [3.63, 3.8) is 0 Å². The molecular weight excluding hydrogens is 138 g/mol. The van der Waals surface area contributed by atoms with Crippen molar-refractivity contribution in [2.75, 3.05) is 0 Å². The maximum absolute atomic E-state index is 5.27. The molecule has 0 atom stereocenters. The van der Waals surface area contributed by atoms with E-state index in [-0.39, 0.29) is 28.0 Å². The first-order valence-electron chi connectivity index (χ1n) is 2.74. The van der Waals surface area contributed by atoms with E-state index in [1.165, 1.54) is 5.28 Å². The van der Waals surface area contributed by atoms with Crippen LogP contribution in [0.4, 0.5) is 0 Å². The van der Waals surface area contributed by atoms with Gasteiger partial charge >= 0.3 is 15.6 Å². The van der Waals surface area contributed by atoms with Gasteiger partial charge in [0.1, 0.15) is 0 Å². The van der Waals surface area contributed by atoms with E-state index in [4.69, 9.17) is 3.79 Å². The summed E-state index contributed by atoms with van der Waals surface area (Å²) < 4.78 is 5.27. The van der Waals surface area contributed by atoms with Crippen LogP contribution < -0.4 is 0 Å². The van der Waals surface area contributed by atoms with E-state index >= 15 is 0 Å². The molecule has 0 aliphatic carbocycles. The highest BCUT2D eigenvalue weighted by Gasteiger charge is 1.91. The predicted octanol–water partition coefficient (Wildman–Crippen LogP) is 1.89. The second kappa shape index (κ2) is 7.78. The topological polar surface area (TPSA) is 9.23 Å². The molecule has 49 valence electrons. The van der Waals surface area contributed by atoms with Gasteiger partial charge in [0.25, 0.3) is 0 Å². The van der Waals surface area contributed by atoms with Crippen molar-refractivity contribution in [2.45, 2.75) is 32.2 Å². The molecule has 1 nitrogen and oxygen atoms in total. The summed E-state index contributed by atoms with van der Waals surface area (Å²) in [4.78, 5) is 0. The third-order valence-electron chi connectivity index (χ3n) is 0.535. The Morgan fingerprint density at radius 1 is 1.50 bits per heavy atom. The van der Waals surface area contributed by atoms with Crippen LogP contribution in [-0.4, -0.2) is 21.7 Å². The van der Waals surface area contributed by atoms with Gasteiger partial charge in [0.15, 0.2) is 0 Å². The summed E-state index contributed by atoms with van der Waals surface area (Å²) in [5.74, 6) is 0. The normalized spacial score (nSPS) is 8.50. The Hall–Kier alpha value is 0.782. The van der Waals surface area contributed by atoms with Gasteiger partial charge in [-0.15, -0.1) is 12.4 Å². The van der Waals surface area contributed by atoms with E-state index in [1.54, 1.807) is 0 Å². The second-order valence-electron chi connectivity index (χ2n) is 1.76. The summed E-state index contributed by atoms with van der Waals surface area (Å²) in [7, 11) is 0. The molecule has 8 heavy (non-hydrogen) atoms. The summed E-state index contributed by atoms with van der Waals surface area (Å²) in [6.45, 7) is 6.29. The van der Waals surface area contributed by atoms with Crippen LogP contribution in [-0.2, 0) is 3.79 Å². The minimum Gasteiger partial charge on any atom is -0.505 e. The smallest absolute Gasteiger partial charge is 0.423 e. The Morgan fingerprint density at radius 2 is 2.00 bits per heavy atom. The van der Waals surface area contributed by atoms with Gasteiger partial charge in [-0.05, 0) is 13.8 Å². The van der Waals surface area contributed by atoms with E-state index < -0.39 is 0 Å². The Bertz CT molecular complexity index is 41.4. The third-order valence-corrected chi connectivity index (χ3v) is 1.61. The van der Waals surface area contributed by atoms with Gasteiger partial charge < -0.3 is 3.79 Å². The van der Waals surface area contributed by atoms with Gasteiger partial charge in [-0.25, -0.2) is 0 Å². The van der Waals surface area contributed by atoms with E-state index in [9.17, 15) is 0 Å². The summed E-state index contributed by atoms with van der Waals surface area (Å²) >= 11 is 0.285. The van der Waals surface area contributed by atoms with E-state index in [1.807, 2.05) is 0 Å². The van der Waals surface area contributed by atoms with Crippen LogP contribution in [0.15, 0.2) is 0 Å². The maximum Gasteiger partial charge on any atom is 0.423 e. The molecule has 1 radical (unpaired) electrons. The van der Waals surface area contributed by atoms with Crippen LogP contribution in [0.5, 0.6) is 0 Å². The van der Waals surface area contributed by atoms with Crippen molar-refractivity contribution in [2.24, 2.45) is 0 Å². The van der Waals surface area contributed by atoms with Gasteiger partial charge in [0.05, 0.1) is 0 Å². The first kappa shape index (κ1) is 11.6. The van der Waals surface area contributed by atoms with E-state index in [0.29, 0.717) is 6.10 Å². The average molecular weight is 152 g/mol. The van der Waals surface area contributed by atoms with Crippen LogP contribution in [0.25, 0.3) is 0 Å². The molecule has 0 rings (SSSR count). The zero-order valence-electron chi connectivity index (χ0n) is 5.68. The van der Waals surface area contributed by atoms with Crippen LogP contribution in [0.3, 0.4) is 0 Å². The zero-order valence-corrected chi connectivity index (χ0v) is 7.65. The number of halogens is 1. The molecule has 0 N–H and O–H groups in total. The molecule has 0 fully saturated rings. The minimum absolute atomic E-state index is 0. The summed E-state index contributed by atoms with van der Waals surface area (Å²) in [6, 6.07) is 0. The van der Waals surface area contributed by atoms with Gasteiger partial charge in [-0.3, -0.25) is 0 Å². The zero-order chi connectivity index (χ0) is 5.70. The van der Waals surface area contributed by atoms with Gasteiger partial charge in [0, 0.05) is 6.10 Å². The molecule has 0 bridgehead atoms. The Labute approximate surface area is 64.3 Å². The third kappa shape index (κ3) is 9.92. The monoisotopic (exact) mass is 151 g/mol. The minimum atomic E-state index is 0. The Kier molecular flexibility index (Phi) is 11.2. The maximum atomic E-state index is 5.27. The average Bonchev–Trinajstić information content (AvgIpc) is 1.61. The van der Waals surface area contributed by atoms with Crippen LogP contribution in [0, 0.1) is 0 Å². The van der Waals surface area contributed by atoms with Crippen molar-refractivity contribution in [3.05, 3.63) is 0 Å². The summed E-state index contributed by atoms with van der Waals surface area (Å²) in [5.41, 5.74) is 0. The second-order valence-corrected chi connectivity index (χ2v) is 3.18. The van der Waals surface area contributed by atoms with E-state index in [0.717, 1.165) is 0 Å². The summed E-state index contributed by atoms with van der Waals surface area (Å²) in [6.07, 6.45) is 0.440. The standard InChI is InChI=1S/C3H7O.C2H5.Al.ClH/c1-3(2)4;1-2;;/h3H,1-2H3;1H2,2H3;;1H/q-1;;+1;. The molecular formula is C5H13AlClO. The molecule has 3 heteroatoms. The fourth-order valence-electron chi connectivity index (χ4n) is 0.289. The lowest BCUT2D eigenvalue weighted by atomic mass is 10.5. The molecule has 0 aliphatic heterocycles. The molecule has 0 amide bonds. The van der Waals surface area contributed by atoms with Crippen LogP contribution in [0.1, 0.15) is 20.8 Å². The predicted molar refractivity (Wildman–Crippen MR) is 39.7 cm³/mol. The highest BCUT2D eigenvalue weighted by Crippen LogP contribution is 1.85. The quantitative estimate of drug-likeness (QED) is 0.560. The lowest BCUT2D eigenvalue weighted by Crippen LogP contribution is -2.05. The van der Waals surface area contributed by atoms with Crippen LogP contribution >= 0.6 is 12.4 Å². The number of hydrogen-bond donors (Lipinski definition) is 0. The molecule has 0 aliphatic rings. The number of rotatable bonds is 3. The molecule has 0 saturated heterocycles. The summed E-state index contributed by atoms with van der Waals surface area (Å²) in [5, 5.41) is 1.21. The van der Waals surface area contributed by atoms with Crippen LogP contribution in [0.2, 0.25) is 5.28 Å². The Morgan fingerprint density at radius 3 is 2.12 bits per heavy atom. The van der Waals surface area contributed by atoms with Gasteiger partial charge in [-0.1, -0.05) is 12.2 Å². The highest BCUT2D eigenvalue weighted by molar-refractivity contribution is 6.26. The van der Waals surface area contributed by atoms with Crippen molar-refractivity contribution >= 4 is 28.0 Å². The molecule has 0 unspecified atom stereocenters. The molecule has 0 heterocycles. The lowest BCUT2D eigenvalue weighted by Gasteiger charge is -2.03. The lowest BCUT2D eigenvalue weighted by molar-refractivity contribution is 0.256. The number of hydrogen-bond acceptors (Lipinski definition) is 1. The highest BCUT2D eigenvalue weighted by atomic mass is 35.5. The largest absolute Gasteiger partial charge is 0.505 e. The molecule has 0 aromatic rings. The molecule has 0 saturated carbocycles. The first-order valence-corrected chi connectivity index (χ1v) is 4.03. The van der Waals surface area contributed by atoms with Crippen molar-refractivity contribution in [1.29, 1.82) is 0 Å². The van der Waals surface area contributed by atoms with Crippen molar-refractivity contribution in [1.82, 2.24) is 0 Å². The van der Waals surface area contributed by atoms with Gasteiger partial charge in [-0.2, -0.15) is 0 Å². The molecule has 0 aromatic heterocycles. The first-order chi connectivity index (χ1) is 3.27. The SMILES string of the molecule is C[CH2][Al][O]C(C)C.Cl. The molecule has 0 spiro atoms. The van der Waals surface area contributed by atoms with E-state index in [2.05, 4.69) is 20.8 Å². The molecule has 0 aromatic carbocycles. The Balaban J connectivity index is 0.